The van der Waals surface area contributed by atoms with Crippen LogP contribution in [-0.2, 0) is 13.0 Å². The minimum atomic E-state index is -0.193. The molecule has 2 rings (SSSR count). The van der Waals surface area contributed by atoms with Crippen LogP contribution >= 0.6 is 11.6 Å². The van der Waals surface area contributed by atoms with E-state index in [2.05, 4.69) is 18.3 Å². The Bertz CT molecular complexity index is 542. The third kappa shape index (κ3) is 4.66. The maximum atomic E-state index is 13.0. The zero-order valence-corrected chi connectivity index (χ0v) is 11.6. The summed E-state index contributed by atoms with van der Waals surface area (Å²) < 4.78 is 13.0. The molecule has 0 fully saturated rings. The molecular formula is C16H17ClFN. The van der Waals surface area contributed by atoms with Crippen LogP contribution < -0.4 is 5.32 Å². The molecule has 100 valence electrons. The van der Waals surface area contributed by atoms with Crippen LogP contribution in [0.25, 0.3) is 0 Å². The first-order valence-electron chi connectivity index (χ1n) is 6.36. The van der Waals surface area contributed by atoms with Crippen molar-refractivity contribution in [3.8, 4) is 0 Å². The van der Waals surface area contributed by atoms with E-state index in [1.165, 1.54) is 11.6 Å². The summed E-state index contributed by atoms with van der Waals surface area (Å²) in [6.45, 7) is 2.78. The predicted octanol–water partition coefficient (Wildman–Crippen LogP) is 4.20. The van der Waals surface area contributed by atoms with Crippen LogP contribution in [0.3, 0.4) is 0 Å². The van der Waals surface area contributed by atoms with Crippen LogP contribution in [0.4, 0.5) is 4.39 Å². The van der Waals surface area contributed by atoms with Crippen LogP contribution in [0.2, 0.25) is 5.02 Å². The summed E-state index contributed by atoms with van der Waals surface area (Å²) in [6.07, 6.45) is 0.899. The minimum Gasteiger partial charge on any atom is -0.310 e. The highest BCUT2D eigenvalue weighted by Crippen LogP contribution is 2.12. The summed E-state index contributed by atoms with van der Waals surface area (Å²) in [6, 6.07) is 14.8. The van der Waals surface area contributed by atoms with E-state index in [4.69, 9.17) is 11.6 Å². The molecule has 0 amide bonds. The van der Waals surface area contributed by atoms with Crippen molar-refractivity contribution < 1.29 is 4.39 Å². The van der Waals surface area contributed by atoms with E-state index in [1.807, 2.05) is 24.3 Å². The lowest BCUT2D eigenvalue weighted by atomic mass is 10.1. The van der Waals surface area contributed by atoms with E-state index in [-0.39, 0.29) is 5.82 Å². The Labute approximate surface area is 118 Å². The van der Waals surface area contributed by atoms with E-state index in [1.54, 1.807) is 12.1 Å². The van der Waals surface area contributed by atoms with Gasteiger partial charge in [-0.15, -0.1) is 0 Å². The molecule has 1 N–H and O–H groups in total. The smallest absolute Gasteiger partial charge is 0.123 e. The van der Waals surface area contributed by atoms with Crippen LogP contribution in [0, 0.1) is 5.82 Å². The molecule has 0 heterocycles. The van der Waals surface area contributed by atoms with Gasteiger partial charge < -0.3 is 5.32 Å². The van der Waals surface area contributed by atoms with Crippen LogP contribution in [0.15, 0.2) is 48.5 Å². The molecule has 0 saturated heterocycles. The SMILES string of the molecule is CC(Cc1cccc(Cl)c1)NCc1cccc(F)c1. The van der Waals surface area contributed by atoms with Crippen LogP contribution in [0.5, 0.6) is 0 Å². The quantitative estimate of drug-likeness (QED) is 0.864. The predicted molar refractivity (Wildman–Crippen MR) is 77.9 cm³/mol. The van der Waals surface area contributed by atoms with Crippen molar-refractivity contribution in [2.45, 2.75) is 25.9 Å². The van der Waals surface area contributed by atoms with Gasteiger partial charge in [0.2, 0.25) is 0 Å². The van der Waals surface area contributed by atoms with Gasteiger partial charge in [-0.2, -0.15) is 0 Å². The highest BCUT2D eigenvalue weighted by molar-refractivity contribution is 6.30. The number of benzene rings is 2. The van der Waals surface area contributed by atoms with Gasteiger partial charge in [0.15, 0.2) is 0 Å². The van der Waals surface area contributed by atoms with Crippen LogP contribution in [0.1, 0.15) is 18.1 Å². The second kappa shape index (κ2) is 6.69. The third-order valence-corrected chi connectivity index (χ3v) is 3.21. The molecule has 1 unspecified atom stereocenters. The van der Waals surface area contributed by atoms with Crippen molar-refractivity contribution in [1.29, 1.82) is 0 Å². The molecule has 0 radical (unpaired) electrons. The minimum absolute atomic E-state index is 0.193. The van der Waals surface area contributed by atoms with Crippen molar-refractivity contribution in [3.63, 3.8) is 0 Å². The summed E-state index contributed by atoms with van der Waals surface area (Å²) in [5.41, 5.74) is 2.16. The standard InChI is InChI=1S/C16H17ClFN/c1-12(8-13-4-2-6-15(17)9-13)19-11-14-5-3-7-16(18)10-14/h2-7,9-10,12,19H,8,11H2,1H3. The summed E-state index contributed by atoms with van der Waals surface area (Å²) in [5, 5.41) is 4.14. The molecule has 2 aromatic rings. The second-order valence-corrected chi connectivity index (χ2v) is 5.18. The second-order valence-electron chi connectivity index (χ2n) is 4.75. The first kappa shape index (κ1) is 14.0. The fourth-order valence-corrected chi connectivity index (χ4v) is 2.24. The van der Waals surface area contributed by atoms with Gasteiger partial charge in [-0.3, -0.25) is 0 Å². The third-order valence-electron chi connectivity index (χ3n) is 2.97. The Hall–Kier alpha value is -1.38. The highest BCUT2D eigenvalue weighted by atomic mass is 35.5. The molecular weight excluding hydrogens is 261 g/mol. The lowest BCUT2D eigenvalue weighted by molar-refractivity contribution is 0.542. The fourth-order valence-electron chi connectivity index (χ4n) is 2.03. The number of halogens is 2. The van der Waals surface area contributed by atoms with E-state index in [9.17, 15) is 4.39 Å². The van der Waals surface area contributed by atoms with Gasteiger partial charge in [-0.1, -0.05) is 35.9 Å². The first-order chi connectivity index (χ1) is 9.13. The highest BCUT2D eigenvalue weighted by Gasteiger charge is 2.04. The Balaban J connectivity index is 1.86. The van der Waals surface area contributed by atoms with Gasteiger partial charge in [-0.05, 0) is 48.7 Å². The van der Waals surface area contributed by atoms with Crippen molar-refractivity contribution in [2.75, 3.05) is 0 Å². The van der Waals surface area contributed by atoms with Gasteiger partial charge >= 0.3 is 0 Å². The molecule has 0 aromatic heterocycles. The summed E-state index contributed by atoms with van der Waals surface area (Å²) >= 11 is 5.96. The van der Waals surface area contributed by atoms with Crippen molar-refractivity contribution in [3.05, 3.63) is 70.5 Å². The number of rotatable bonds is 5. The average molecular weight is 278 g/mol. The Morgan fingerprint density at radius 1 is 1.11 bits per heavy atom. The van der Waals surface area contributed by atoms with E-state index in [0.29, 0.717) is 12.6 Å². The van der Waals surface area contributed by atoms with Gasteiger partial charge in [0.25, 0.3) is 0 Å². The van der Waals surface area contributed by atoms with E-state index >= 15 is 0 Å². The molecule has 19 heavy (non-hydrogen) atoms. The molecule has 1 atom stereocenters. The molecule has 1 nitrogen and oxygen atoms in total. The van der Waals surface area contributed by atoms with E-state index in [0.717, 1.165) is 17.0 Å². The lowest BCUT2D eigenvalue weighted by Crippen LogP contribution is -2.27. The molecule has 2 aromatic carbocycles. The number of nitrogens with one attached hydrogen (secondary N) is 1. The molecule has 0 bridgehead atoms. The lowest BCUT2D eigenvalue weighted by Gasteiger charge is -2.14. The fraction of sp³-hybridized carbons (Fsp3) is 0.250. The zero-order chi connectivity index (χ0) is 13.7. The molecule has 0 aliphatic heterocycles. The van der Waals surface area contributed by atoms with E-state index < -0.39 is 0 Å². The van der Waals surface area contributed by atoms with Gasteiger partial charge in [0, 0.05) is 17.6 Å². The largest absolute Gasteiger partial charge is 0.310 e. The molecule has 0 spiro atoms. The van der Waals surface area contributed by atoms with Gasteiger partial charge in [-0.25, -0.2) is 4.39 Å². The van der Waals surface area contributed by atoms with Crippen molar-refractivity contribution in [1.82, 2.24) is 5.32 Å². The molecule has 0 saturated carbocycles. The normalized spacial score (nSPS) is 12.4. The molecule has 0 aliphatic carbocycles. The summed E-state index contributed by atoms with van der Waals surface area (Å²) in [5.74, 6) is -0.193. The monoisotopic (exact) mass is 277 g/mol. The van der Waals surface area contributed by atoms with Crippen LogP contribution in [-0.4, -0.2) is 6.04 Å². The number of hydrogen-bond donors (Lipinski definition) is 1. The Morgan fingerprint density at radius 3 is 2.58 bits per heavy atom. The summed E-state index contributed by atoms with van der Waals surface area (Å²) in [4.78, 5) is 0. The molecule has 0 aliphatic rings. The number of hydrogen-bond acceptors (Lipinski definition) is 1. The average Bonchev–Trinajstić information content (AvgIpc) is 2.36. The maximum absolute atomic E-state index is 13.0. The Kier molecular flexibility index (Phi) is 4.94. The topological polar surface area (TPSA) is 12.0 Å². The maximum Gasteiger partial charge on any atom is 0.123 e. The summed E-state index contributed by atoms with van der Waals surface area (Å²) in [7, 11) is 0. The Morgan fingerprint density at radius 2 is 1.84 bits per heavy atom. The van der Waals surface area contributed by atoms with Crippen molar-refractivity contribution >= 4 is 11.6 Å². The van der Waals surface area contributed by atoms with Gasteiger partial charge in [0.05, 0.1) is 0 Å². The zero-order valence-electron chi connectivity index (χ0n) is 10.9. The van der Waals surface area contributed by atoms with Gasteiger partial charge in [0.1, 0.15) is 5.82 Å². The molecule has 3 heteroatoms. The first-order valence-corrected chi connectivity index (χ1v) is 6.73. The van der Waals surface area contributed by atoms with Crippen molar-refractivity contribution in [2.24, 2.45) is 0 Å².